The number of fused-ring (bicyclic) bond motifs is 1. The number of hydrogen-bond donors (Lipinski definition) is 2. The van der Waals surface area contributed by atoms with Crippen LogP contribution in [0.3, 0.4) is 0 Å². The zero-order valence-corrected chi connectivity index (χ0v) is 23.9. The first-order valence-electron chi connectivity index (χ1n) is 13.5. The Kier molecular flexibility index (Phi) is 8.48. The van der Waals surface area contributed by atoms with Crippen molar-refractivity contribution in [2.45, 2.75) is 13.1 Å². The highest BCUT2D eigenvalue weighted by molar-refractivity contribution is 6.04. The van der Waals surface area contributed by atoms with Gasteiger partial charge in [0.25, 0.3) is 17.2 Å². The molecule has 14 heteroatoms. The maximum Gasteiger partial charge on any atom is 0.416 e. The molecule has 0 saturated carbocycles. The fourth-order valence-corrected chi connectivity index (χ4v) is 4.54. The van der Waals surface area contributed by atoms with E-state index >= 15 is 0 Å². The predicted molar refractivity (Wildman–Crippen MR) is 161 cm³/mol. The minimum absolute atomic E-state index is 0.0431. The number of anilines is 2. The molecule has 0 spiro atoms. The number of carbonyl (C=O) groups is 1. The standard InChI is InChI=1S/C31H25F3N6O5/c1-18-6-7-22(37-28(41)19-4-3-5-21(14-19)31(32,33)34)16-25(18)26-15-20-17-36-30(38-27(20)29(42)39(26)2)35-12-13-45-24-10-8-23(9-11-24)40(43)44/h3-11,14-17H,12-13H2,1-2H3,(H,37,41)(H,35,36,38). The highest BCUT2D eigenvalue weighted by atomic mass is 19.4. The summed E-state index contributed by atoms with van der Waals surface area (Å²) in [6, 6.07) is 16.5. The summed E-state index contributed by atoms with van der Waals surface area (Å²) in [5, 5.41) is 16.9. The van der Waals surface area contributed by atoms with Crippen LogP contribution in [-0.2, 0) is 13.2 Å². The number of nitrogens with one attached hydrogen (secondary N) is 2. The van der Waals surface area contributed by atoms with Gasteiger partial charge < -0.3 is 19.9 Å². The molecule has 2 aromatic heterocycles. The second-order valence-corrected chi connectivity index (χ2v) is 9.98. The second kappa shape index (κ2) is 12.4. The molecule has 3 aromatic carbocycles. The fraction of sp³-hybridized carbons (Fsp3) is 0.161. The van der Waals surface area contributed by atoms with Crippen LogP contribution in [0.1, 0.15) is 21.5 Å². The number of aromatic nitrogens is 3. The Morgan fingerprint density at radius 1 is 1.07 bits per heavy atom. The van der Waals surface area contributed by atoms with Crippen molar-refractivity contribution in [3.63, 3.8) is 0 Å². The Morgan fingerprint density at radius 3 is 2.53 bits per heavy atom. The number of ether oxygens (including phenoxy) is 1. The molecule has 2 N–H and O–H groups in total. The lowest BCUT2D eigenvalue weighted by Gasteiger charge is -2.15. The largest absolute Gasteiger partial charge is 0.492 e. The number of pyridine rings is 1. The highest BCUT2D eigenvalue weighted by Crippen LogP contribution is 2.31. The quantitative estimate of drug-likeness (QED) is 0.117. The Hall–Kier alpha value is -5.79. The number of nitro benzene ring substituents is 1. The lowest BCUT2D eigenvalue weighted by Crippen LogP contribution is -2.21. The van der Waals surface area contributed by atoms with E-state index in [9.17, 15) is 32.9 Å². The third kappa shape index (κ3) is 6.90. The molecule has 5 aromatic rings. The molecule has 0 atom stereocenters. The van der Waals surface area contributed by atoms with Gasteiger partial charge in [-0.2, -0.15) is 13.2 Å². The zero-order valence-electron chi connectivity index (χ0n) is 23.9. The van der Waals surface area contributed by atoms with Gasteiger partial charge in [-0.25, -0.2) is 9.97 Å². The summed E-state index contributed by atoms with van der Waals surface area (Å²) in [5.41, 5.74) is 0.899. The second-order valence-electron chi connectivity index (χ2n) is 9.98. The van der Waals surface area contributed by atoms with E-state index in [1.54, 1.807) is 31.3 Å². The van der Waals surface area contributed by atoms with Crippen molar-refractivity contribution < 1.29 is 27.6 Å². The van der Waals surface area contributed by atoms with Crippen LogP contribution < -0.4 is 20.9 Å². The molecule has 0 radical (unpaired) electrons. The first-order valence-corrected chi connectivity index (χ1v) is 13.5. The maximum absolute atomic E-state index is 13.3. The van der Waals surface area contributed by atoms with Gasteiger partial charge in [0.05, 0.1) is 22.7 Å². The van der Waals surface area contributed by atoms with Gasteiger partial charge in [0.2, 0.25) is 5.95 Å². The van der Waals surface area contributed by atoms with E-state index in [0.717, 1.165) is 17.7 Å². The van der Waals surface area contributed by atoms with Crippen molar-refractivity contribution >= 4 is 34.1 Å². The average Bonchev–Trinajstić information content (AvgIpc) is 3.02. The molecule has 0 aliphatic rings. The maximum atomic E-state index is 13.3. The molecular formula is C31H25F3N6O5. The summed E-state index contributed by atoms with van der Waals surface area (Å²) in [7, 11) is 1.58. The molecule has 0 bridgehead atoms. The van der Waals surface area contributed by atoms with Crippen LogP contribution in [0.25, 0.3) is 22.2 Å². The molecule has 5 rings (SSSR count). The van der Waals surface area contributed by atoms with Gasteiger partial charge in [-0.15, -0.1) is 0 Å². The van der Waals surface area contributed by atoms with Crippen LogP contribution in [0.15, 0.2) is 83.8 Å². The number of nitrogens with zero attached hydrogens (tertiary/aromatic N) is 4. The van der Waals surface area contributed by atoms with E-state index in [1.807, 2.05) is 6.92 Å². The fourth-order valence-electron chi connectivity index (χ4n) is 4.54. The third-order valence-electron chi connectivity index (χ3n) is 6.90. The number of carbonyl (C=O) groups excluding carboxylic acids is 1. The van der Waals surface area contributed by atoms with Crippen LogP contribution in [0.5, 0.6) is 5.75 Å². The average molecular weight is 619 g/mol. The number of amides is 1. The lowest BCUT2D eigenvalue weighted by atomic mass is 10.0. The van der Waals surface area contributed by atoms with Gasteiger partial charge in [0.15, 0.2) is 0 Å². The van der Waals surface area contributed by atoms with Crippen molar-refractivity contribution in [2.24, 2.45) is 7.05 Å². The van der Waals surface area contributed by atoms with E-state index in [-0.39, 0.29) is 29.3 Å². The summed E-state index contributed by atoms with van der Waals surface area (Å²) >= 11 is 0. The zero-order chi connectivity index (χ0) is 32.3. The summed E-state index contributed by atoms with van der Waals surface area (Å²) in [6.45, 7) is 2.32. The summed E-state index contributed by atoms with van der Waals surface area (Å²) in [4.78, 5) is 45.0. The molecule has 0 unspecified atom stereocenters. The molecule has 2 heterocycles. The normalized spacial score (nSPS) is 11.3. The minimum atomic E-state index is -4.58. The lowest BCUT2D eigenvalue weighted by molar-refractivity contribution is -0.384. The molecular weight excluding hydrogens is 593 g/mol. The van der Waals surface area contributed by atoms with Crippen LogP contribution in [0.2, 0.25) is 0 Å². The van der Waals surface area contributed by atoms with Gasteiger partial charge in [-0.3, -0.25) is 19.7 Å². The smallest absolute Gasteiger partial charge is 0.416 e. The first kappa shape index (κ1) is 30.7. The minimum Gasteiger partial charge on any atom is -0.492 e. The van der Waals surface area contributed by atoms with Gasteiger partial charge in [-0.05, 0) is 61.0 Å². The van der Waals surface area contributed by atoms with Crippen molar-refractivity contribution in [1.82, 2.24) is 14.5 Å². The Morgan fingerprint density at radius 2 is 1.82 bits per heavy atom. The molecule has 230 valence electrons. The van der Waals surface area contributed by atoms with Crippen molar-refractivity contribution in [2.75, 3.05) is 23.8 Å². The number of rotatable bonds is 9. The number of non-ortho nitro benzene ring substituents is 1. The topological polar surface area (TPSA) is 141 Å². The molecule has 0 fully saturated rings. The van der Waals surface area contributed by atoms with Crippen molar-refractivity contribution in [3.05, 3.63) is 116 Å². The Bertz CT molecular complexity index is 1980. The van der Waals surface area contributed by atoms with Gasteiger partial charge in [0.1, 0.15) is 17.9 Å². The van der Waals surface area contributed by atoms with Crippen LogP contribution in [-0.4, -0.2) is 38.5 Å². The van der Waals surface area contributed by atoms with E-state index in [2.05, 4.69) is 20.6 Å². The summed E-state index contributed by atoms with van der Waals surface area (Å²) in [6.07, 6.45) is -3.08. The molecule has 0 aliphatic heterocycles. The molecule has 1 amide bonds. The predicted octanol–water partition coefficient (Wildman–Crippen LogP) is 5.97. The van der Waals surface area contributed by atoms with Crippen molar-refractivity contribution in [1.29, 1.82) is 0 Å². The van der Waals surface area contributed by atoms with Crippen LogP contribution in [0.4, 0.5) is 30.5 Å². The van der Waals surface area contributed by atoms with E-state index < -0.39 is 28.1 Å². The molecule has 0 saturated heterocycles. The van der Waals surface area contributed by atoms with Gasteiger partial charge >= 0.3 is 6.18 Å². The molecule has 11 nitrogen and oxygen atoms in total. The number of hydrogen-bond acceptors (Lipinski definition) is 8. The number of nitro groups is 1. The highest BCUT2D eigenvalue weighted by Gasteiger charge is 2.31. The number of benzene rings is 3. The third-order valence-corrected chi connectivity index (χ3v) is 6.90. The number of aryl methyl sites for hydroxylation is 1. The molecule has 45 heavy (non-hydrogen) atoms. The van der Waals surface area contributed by atoms with Crippen molar-refractivity contribution in [3.8, 4) is 17.0 Å². The van der Waals surface area contributed by atoms with Gasteiger partial charge in [-0.1, -0.05) is 12.1 Å². The van der Waals surface area contributed by atoms with E-state index in [4.69, 9.17) is 4.74 Å². The van der Waals surface area contributed by atoms with E-state index in [1.165, 1.54) is 47.2 Å². The summed E-state index contributed by atoms with van der Waals surface area (Å²) < 4.78 is 46.3. The Labute approximate surface area is 253 Å². The summed E-state index contributed by atoms with van der Waals surface area (Å²) in [5.74, 6) is -0.0529. The van der Waals surface area contributed by atoms with Crippen LogP contribution in [0, 0.1) is 17.0 Å². The molecule has 0 aliphatic carbocycles. The SMILES string of the molecule is Cc1ccc(NC(=O)c2cccc(C(F)(F)F)c2)cc1-c1cc2cnc(NCCOc3ccc([N+](=O)[O-])cc3)nc2c(=O)n1C. The number of halogens is 3. The Balaban J connectivity index is 1.32. The van der Waals surface area contributed by atoms with Crippen LogP contribution >= 0.6 is 0 Å². The number of alkyl halides is 3. The van der Waals surface area contributed by atoms with E-state index in [0.29, 0.717) is 34.6 Å². The van der Waals surface area contributed by atoms with Gasteiger partial charge in [0, 0.05) is 47.6 Å². The first-order chi connectivity index (χ1) is 21.4. The monoisotopic (exact) mass is 618 g/mol.